The Morgan fingerprint density at radius 3 is 1.36 bits per heavy atom. The van der Waals surface area contributed by atoms with Crippen molar-refractivity contribution >= 4 is 0 Å². The van der Waals surface area contributed by atoms with Crippen LogP contribution in [0.25, 0.3) is 0 Å². The Labute approximate surface area is 62.3 Å². The summed E-state index contributed by atoms with van der Waals surface area (Å²) in [5.74, 6) is 0. The molecule has 0 radical (unpaired) electrons. The summed E-state index contributed by atoms with van der Waals surface area (Å²) in [5, 5.41) is 44.0. The van der Waals surface area contributed by atoms with Crippen molar-refractivity contribution in [3.05, 3.63) is 0 Å². The van der Waals surface area contributed by atoms with E-state index in [1.165, 1.54) is 0 Å². The van der Waals surface area contributed by atoms with Gasteiger partial charge in [0.2, 0.25) is 0 Å². The molecule has 0 aromatic carbocycles. The van der Waals surface area contributed by atoms with Gasteiger partial charge in [-0.15, -0.1) is 0 Å². The van der Waals surface area contributed by atoms with Gasteiger partial charge in [-0.2, -0.15) is 0 Å². The maximum atomic E-state index is 8.89. The molecule has 0 saturated carbocycles. The van der Waals surface area contributed by atoms with Gasteiger partial charge in [-0.25, -0.2) is 0 Å². The van der Waals surface area contributed by atoms with Crippen LogP contribution in [0.15, 0.2) is 0 Å². The second-order valence-electron chi connectivity index (χ2n) is 2.39. The average molecular weight is 166 g/mol. The summed E-state index contributed by atoms with van der Waals surface area (Å²) in [5.41, 5.74) is 0. The van der Waals surface area contributed by atoms with E-state index in [4.69, 9.17) is 25.5 Å². The third kappa shape index (κ3) is 1.51. The molecule has 0 aliphatic carbocycles. The lowest BCUT2D eigenvalue weighted by Crippen LogP contribution is -2.57. The Morgan fingerprint density at radius 1 is 0.636 bits per heavy atom. The highest BCUT2D eigenvalue weighted by atomic mass is 16.7. The largest absolute Gasteiger partial charge is 0.387 e. The minimum atomic E-state index is -1.66. The molecule has 1 fully saturated rings. The van der Waals surface area contributed by atoms with Gasteiger partial charge in [0, 0.05) is 0 Å². The lowest BCUT2D eigenvalue weighted by Gasteiger charge is -2.35. The number of aliphatic hydroxyl groups excluding tert-OH is 5. The van der Waals surface area contributed by atoms with Gasteiger partial charge >= 0.3 is 0 Å². The first-order chi connectivity index (χ1) is 5.04. The van der Waals surface area contributed by atoms with E-state index in [1.807, 2.05) is 0 Å². The molecule has 4 unspecified atom stereocenters. The summed E-state index contributed by atoms with van der Waals surface area (Å²) in [4.78, 5) is 0. The van der Waals surface area contributed by atoms with Gasteiger partial charge in [0.1, 0.15) is 18.3 Å². The van der Waals surface area contributed by atoms with E-state index in [-0.39, 0.29) is 0 Å². The monoisotopic (exact) mass is 166 g/mol. The fourth-order valence-corrected chi connectivity index (χ4v) is 0.843. The van der Waals surface area contributed by atoms with Crippen molar-refractivity contribution in [2.24, 2.45) is 0 Å². The molecule has 6 nitrogen and oxygen atoms in total. The minimum absolute atomic E-state index is 1.59. The van der Waals surface area contributed by atoms with Crippen molar-refractivity contribution < 1.29 is 30.3 Å². The van der Waals surface area contributed by atoms with Crippen LogP contribution in [0.4, 0.5) is 0 Å². The van der Waals surface area contributed by atoms with Gasteiger partial charge in [0.15, 0.2) is 12.6 Å². The highest BCUT2D eigenvalue weighted by Gasteiger charge is 2.42. The molecule has 1 saturated heterocycles. The predicted molar refractivity (Wildman–Crippen MR) is 31.1 cm³/mol. The van der Waals surface area contributed by atoms with Crippen molar-refractivity contribution in [1.82, 2.24) is 0 Å². The molecular formula is C5H10O6. The summed E-state index contributed by atoms with van der Waals surface area (Å²) in [7, 11) is 0. The van der Waals surface area contributed by atoms with Crippen LogP contribution in [0, 0.1) is 0 Å². The molecule has 5 N–H and O–H groups in total. The number of aliphatic hydroxyl groups is 5. The second-order valence-corrected chi connectivity index (χ2v) is 2.39. The quantitative estimate of drug-likeness (QED) is 0.258. The molecule has 6 heteroatoms. The highest BCUT2D eigenvalue weighted by Crippen LogP contribution is 2.17. The first kappa shape index (κ1) is 8.85. The van der Waals surface area contributed by atoms with Gasteiger partial charge in [-0.05, 0) is 0 Å². The van der Waals surface area contributed by atoms with Gasteiger partial charge in [0.05, 0.1) is 0 Å². The molecule has 11 heavy (non-hydrogen) atoms. The van der Waals surface area contributed by atoms with Gasteiger partial charge in [-0.1, -0.05) is 0 Å². The normalized spacial score (nSPS) is 52.6. The van der Waals surface area contributed by atoms with Crippen molar-refractivity contribution in [2.75, 3.05) is 0 Å². The van der Waals surface area contributed by atoms with Crippen LogP contribution < -0.4 is 0 Å². The molecule has 0 bridgehead atoms. The van der Waals surface area contributed by atoms with Crippen molar-refractivity contribution in [1.29, 1.82) is 0 Å². The van der Waals surface area contributed by atoms with Crippen molar-refractivity contribution in [2.45, 2.75) is 30.9 Å². The Bertz CT molecular complexity index is 125. The molecule has 0 amide bonds. The highest BCUT2D eigenvalue weighted by molar-refractivity contribution is 4.83. The zero-order valence-electron chi connectivity index (χ0n) is 5.53. The van der Waals surface area contributed by atoms with Crippen LogP contribution >= 0.6 is 0 Å². The molecule has 1 aliphatic rings. The van der Waals surface area contributed by atoms with E-state index in [0.717, 1.165) is 0 Å². The summed E-state index contributed by atoms with van der Waals surface area (Å²) in [6, 6.07) is 0. The first-order valence-electron chi connectivity index (χ1n) is 3.10. The van der Waals surface area contributed by atoms with Crippen molar-refractivity contribution in [3.8, 4) is 0 Å². The Balaban J connectivity index is 2.63. The van der Waals surface area contributed by atoms with Gasteiger partial charge in [-0.3, -0.25) is 0 Å². The number of rotatable bonds is 0. The summed E-state index contributed by atoms with van der Waals surface area (Å²) < 4.78 is 4.23. The maximum Gasteiger partial charge on any atom is 0.186 e. The average Bonchev–Trinajstić information content (AvgIpc) is 1.97. The smallest absolute Gasteiger partial charge is 0.186 e. The standard InChI is InChI=1S/C5H10O6/c6-1-2(7)4(9)11-5(10)3(1)8/h1-10H. The lowest BCUT2D eigenvalue weighted by atomic mass is 10.0. The van der Waals surface area contributed by atoms with Crippen molar-refractivity contribution in [3.63, 3.8) is 0 Å². The molecule has 1 aliphatic heterocycles. The number of hydrogen-bond donors (Lipinski definition) is 5. The number of hydrogen-bond acceptors (Lipinski definition) is 6. The van der Waals surface area contributed by atoms with E-state index in [0.29, 0.717) is 0 Å². The molecule has 1 heterocycles. The first-order valence-corrected chi connectivity index (χ1v) is 3.10. The third-order valence-corrected chi connectivity index (χ3v) is 1.56. The van der Waals surface area contributed by atoms with Gasteiger partial charge in [0.25, 0.3) is 0 Å². The molecule has 1 rings (SSSR count). The second kappa shape index (κ2) is 3.02. The third-order valence-electron chi connectivity index (χ3n) is 1.56. The van der Waals surface area contributed by atoms with E-state index in [2.05, 4.69) is 4.74 Å². The molecule has 4 atom stereocenters. The Hall–Kier alpha value is -0.240. The van der Waals surface area contributed by atoms with E-state index < -0.39 is 30.9 Å². The van der Waals surface area contributed by atoms with E-state index >= 15 is 0 Å². The van der Waals surface area contributed by atoms with Crippen LogP contribution in [0.1, 0.15) is 0 Å². The maximum absolute atomic E-state index is 8.89. The Kier molecular flexibility index (Phi) is 2.43. The molecule has 0 aromatic heterocycles. The van der Waals surface area contributed by atoms with E-state index in [1.54, 1.807) is 0 Å². The van der Waals surface area contributed by atoms with Crippen LogP contribution in [0.2, 0.25) is 0 Å². The van der Waals surface area contributed by atoms with Crippen LogP contribution in [0.5, 0.6) is 0 Å². The van der Waals surface area contributed by atoms with Crippen LogP contribution in [0.3, 0.4) is 0 Å². The summed E-state index contributed by atoms with van der Waals surface area (Å²) >= 11 is 0. The summed E-state index contributed by atoms with van der Waals surface area (Å²) in [6.45, 7) is 0. The van der Waals surface area contributed by atoms with Crippen LogP contribution in [-0.4, -0.2) is 56.4 Å². The Morgan fingerprint density at radius 2 is 1.00 bits per heavy atom. The predicted octanol–water partition coefficient (Wildman–Crippen LogP) is -3.26. The molecule has 0 spiro atoms. The zero-order valence-corrected chi connectivity index (χ0v) is 5.53. The fraction of sp³-hybridized carbons (Fsp3) is 1.00. The topological polar surface area (TPSA) is 110 Å². The SMILES string of the molecule is OC1OC(O)C(O)C(O)C1O. The van der Waals surface area contributed by atoms with Crippen LogP contribution in [-0.2, 0) is 4.74 Å². The van der Waals surface area contributed by atoms with E-state index in [9.17, 15) is 0 Å². The zero-order chi connectivity index (χ0) is 8.59. The fourth-order valence-electron chi connectivity index (χ4n) is 0.843. The molecule has 0 aromatic rings. The lowest BCUT2D eigenvalue weighted by molar-refractivity contribution is -0.328. The minimum Gasteiger partial charge on any atom is -0.387 e. The van der Waals surface area contributed by atoms with Gasteiger partial charge < -0.3 is 30.3 Å². The molecular weight excluding hydrogens is 156 g/mol. The molecule has 66 valence electrons. The summed E-state index contributed by atoms with van der Waals surface area (Å²) in [6.07, 6.45) is -8.10. The number of ether oxygens (including phenoxy) is 1.